The second-order valence-corrected chi connectivity index (χ2v) is 4.81. The summed E-state index contributed by atoms with van der Waals surface area (Å²) in [6, 6.07) is 0. The zero-order valence-corrected chi connectivity index (χ0v) is 12.5. The Morgan fingerprint density at radius 1 is 1.19 bits per heavy atom. The van der Waals surface area contributed by atoms with Gasteiger partial charge in [0.25, 0.3) is 0 Å². The normalized spacial score (nSPS) is 10.8. The summed E-state index contributed by atoms with van der Waals surface area (Å²) in [4.78, 5) is 34.3. The van der Waals surface area contributed by atoms with Gasteiger partial charge in [-0.1, -0.05) is 13.8 Å². The zero-order valence-electron chi connectivity index (χ0n) is 12.5. The minimum absolute atomic E-state index is 0.180. The minimum Gasteiger partial charge on any atom is -0.317 e. The first-order valence-corrected chi connectivity index (χ1v) is 7.22. The van der Waals surface area contributed by atoms with Gasteiger partial charge in [-0.25, -0.2) is 4.79 Å². The fourth-order valence-electron chi connectivity index (χ4n) is 2.03. The van der Waals surface area contributed by atoms with Crippen LogP contribution >= 0.6 is 0 Å². The first-order valence-electron chi connectivity index (χ1n) is 7.22. The summed E-state index contributed by atoms with van der Waals surface area (Å²) in [6.45, 7) is 5.97. The molecule has 0 atom stereocenters. The molecule has 0 amide bonds. The van der Waals surface area contributed by atoms with Crippen LogP contribution in [0.1, 0.15) is 33.1 Å². The van der Waals surface area contributed by atoms with Crippen LogP contribution in [-0.2, 0) is 13.1 Å². The van der Waals surface area contributed by atoms with Gasteiger partial charge in [-0.05, 0) is 32.4 Å². The molecular weight excluding hydrogens is 276 g/mol. The van der Waals surface area contributed by atoms with Crippen LogP contribution in [0, 0.1) is 10.1 Å². The number of hydrogen-bond acceptors (Lipinski definition) is 5. The number of aromatic nitrogens is 2. The lowest BCUT2D eigenvalue weighted by Crippen LogP contribution is -2.41. The monoisotopic (exact) mass is 298 g/mol. The molecule has 21 heavy (non-hydrogen) atoms. The van der Waals surface area contributed by atoms with E-state index in [1.165, 1.54) is 4.57 Å². The van der Waals surface area contributed by atoms with Crippen molar-refractivity contribution in [1.29, 1.82) is 0 Å². The summed E-state index contributed by atoms with van der Waals surface area (Å²) < 4.78 is 2.19. The van der Waals surface area contributed by atoms with Crippen molar-refractivity contribution in [2.45, 2.75) is 46.2 Å². The number of nitro groups is 1. The van der Waals surface area contributed by atoms with Gasteiger partial charge in [-0.3, -0.25) is 24.0 Å². The molecule has 0 saturated carbocycles. The van der Waals surface area contributed by atoms with Crippen LogP contribution in [0.25, 0.3) is 0 Å². The molecule has 1 heterocycles. The molecule has 1 aromatic heterocycles. The van der Waals surface area contributed by atoms with Gasteiger partial charge in [0.05, 0.1) is 11.1 Å². The lowest BCUT2D eigenvalue weighted by Gasteiger charge is -2.09. The molecule has 0 aliphatic carbocycles. The van der Waals surface area contributed by atoms with Crippen molar-refractivity contribution in [3.05, 3.63) is 37.1 Å². The third kappa shape index (κ3) is 4.52. The Balaban J connectivity index is 3.02. The van der Waals surface area contributed by atoms with Crippen molar-refractivity contribution >= 4 is 5.69 Å². The van der Waals surface area contributed by atoms with E-state index in [1.54, 1.807) is 0 Å². The number of rotatable bonds is 9. The quantitative estimate of drug-likeness (QED) is 0.411. The van der Waals surface area contributed by atoms with E-state index in [1.807, 2.05) is 13.8 Å². The summed E-state index contributed by atoms with van der Waals surface area (Å²) in [7, 11) is 0. The molecule has 0 saturated heterocycles. The highest BCUT2D eigenvalue weighted by Crippen LogP contribution is 2.01. The van der Waals surface area contributed by atoms with E-state index >= 15 is 0 Å². The number of hydrogen-bond donors (Lipinski definition) is 1. The van der Waals surface area contributed by atoms with Crippen molar-refractivity contribution in [2.75, 3.05) is 13.1 Å². The average Bonchev–Trinajstić information content (AvgIpc) is 2.44. The maximum Gasteiger partial charge on any atom is 0.350 e. The van der Waals surface area contributed by atoms with Crippen LogP contribution < -0.4 is 16.6 Å². The van der Waals surface area contributed by atoms with Crippen LogP contribution in [0.3, 0.4) is 0 Å². The maximum absolute atomic E-state index is 12.2. The van der Waals surface area contributed by atoms with Crippen molar-refractivity contribution < 1.29 is 4.92 Å². The SMILES string of the molecule is CCCNCCCn1c(=O)c([N+](=O)[O-])cn(CCC)c1=O. The molecule has 118 valence electrons. The van der Waals surface area contributed by atoms with Gasteiger partial charge in [0.2, 0.25) is 0 Å². The maximum atomic E-state index is 12.2. The molecule has 0 aromatic carbocycles. The average molecular weight is 298 g/mol. The standard InChI is InChI=1S/C13H22N4O4/c1-3-6-14-7-5-9-16-12(18)11(17(20)21)10-15(8-4-2)13(16)19/h10,14H,3-9H2,1-2H3. The van der Waals surface area contributed by atoms with E-state index in [0.717, 1.165) is 23.7 Å². The fourth-order valence-corrected chi connectivity index (χ4v) is 2.03. The molecule has 0 aliphatic rings. The molecular formula is C13H22N4O4. The van der Waals surface area contributed by atoms with E-state index in [-0.39, 0.29) is 6.54 Å². The van der Waals surface area contributed by atoms with E-state index in [2.05, 4.69) is 5.32 Å². The molecule has 1 aromatic rings. The van der Waals surface area contributed by atoms with E-state index < -0.39 is 21.9 Å². The molecule has 8 nitrogen and oxygen atoms in total. The molecule has 0 radical (unpaired) electrons. The van der Waals surface area contributed by atoms with Crippen molar-refractivity contribution in [1.82, 2.24) is 14.5 Å². The molecule has 0 spiro atoms. The van der Waals surface area contributed by atoms with Gasteiger partial charge >= 0.3 is 16.9 Å². The molecule has 0 bridgehead atoms. The molecule has 1 rings (SSSR count). The summed E-state index contributed by atoms with van der Waals surface area (Å²) in [5.74, 6) is 0. The van der Waals surface area contributed by atoms with Gasteiger partial charge < -0.3 is 5.32 Å². The van der Waals surface area contributed by atoms with Crippen molar-refractivity contribution in [3.8, 4) is 0 Å². The minimum atomic E-state index is -0.826. The predicted molar refractivity (Wildman–Crippen MR) is 79.7 cm³/mol. The van der Waals surface area contributed by atoms with Gasteiger partial charge in [-0.2, -0.15) is 0 Å². The van der Waals surface area contributed by atoms with Gasteiger partial charge in [-0.15, -0.1) is 0 Å². The van der Waals surface area contributed by atoms with Crippen LogP contribution in [0.4, 0.5) is 5.69 Å². The van der Waals surface area contributed by atoms with Gasteiger partial charge in [0.15, 0.2) is 0 Å². The Kier molecular flexibility index (Phi) is 6.80. The fraction of sp³-hybridized carbons (Fsp3) is 0.692. The first-order chi connectivity index (χ1) is 10.0. The van der Waals surface area contributed by atoms with Gasteiger partial charge in [0.1, 0.15) is 0 Å². The lowest BCUT2D eigenvalue weighted by molar-refractivity contribution is -0.387. The molecule has 0 aliphatic heterocycles. The molecule has 1 N–H and O–H groups in total. The Morgan fingerprint density at radius 3 is 2.48 bits per heavy atom. The van der Waals surface area contributed by atoms with Crippen molar-refractivity contribution in [3.63, 3.8) is 0 Å². The number of nitrogens with one attached hydrogen (secondary N) is 1. The van der Waals surface area contributed by atoms with E-state index in [9.17, 15) is 19.7 Å². The van der Waals surface area contributed by atoms with Gasteiger partial charge in [0, 0.05) is 13.1 Å². The third-order valence-electron chi connectivity index (χ3n) is 3.04. The third-order valence-corrected chi connectivity index (χ3v) is 3.04. The lowest BCUT2D eigenvalue weighted by atomic mass is 10.3. The number of nitrogens with zero attached hydrogens (tertiary/aromatic N) is 3. The highest BCUT2D eigenvalue weighted by Gasteiger charge is 2.19. The van der Waals surface area contributed by atoms with Crippen LogP contribution in [-0.4, -0.2) is 27.1 Å². The Bertz CT molecular complexity index is 591. The molecule has 0 unspecified atom stereocenters. The second-order valence-electron chi connectivity index (χ2n) is 4.81. The second kappa shape index (κ2) is 8.35. The summed E-state index contributed by atoms with van der Waals surface area (Å²) >= 11 is 0. The van der Waals surface area contributed by atoms with Crippen molar-refractivity contribution in [2.24, 2.45) is 0 Å². The summed E-state index contributed by atoms with van der Waals surface area (Å²) in [6.07, 6.45) is 3.27. The Morgan fingerprint density at radius 2 is 1.90 bits per heavy atom. The highest BCUT2D eigenvalue weighted by atomic mass is 16.6. The molecule has 8 heteroatoms. The first kappa shape index (κ1) is 17.1. The summed E-state index contributed by atoms with van der Waals surface area (Å²) in [5.41, 5.74) is -1.86. The topological polar surface area (TPSA) is 99.2 Å². The number of aryl methyl sites for hydroxylation is 1. The Labute approximate surface area is 122 Å². The van der Waals surface area contributed by atoms with Crippen LogP contribution in [0.2, 0.25) is 0 Å². The summed E-state index contributed by atoms with van der Waals surface area (Å²) in [5, 5.41) is 14.1. The smallest absolute Gasteiger partial charge is 0.317 e. The van der Waals surface area contributed by atoms with Crippen LogP contribution in [0.5, 0.6) is 0 Å². The van der Waals surface area contributed by atoms with E-state index in [4.69, 9.17) is 0 Å². The zero-order chi connectivity index (χ0) is 15.8. The highest BCUT2D eigenvalue weighted by molar-refractivity contribution is 5.21. The van der Waals surface area contributed by atoms with Crippen LogP contribution in [0.15, 0.2) is 15.8 Å². The molecule has 0 fully saturated rings. The Hall–Kier alpha value is -1.96. The largest absolute Gasteiger partial charge is 0.350 e. The predicted octanol–water partition coefficient (Wildman–Crippen LogP) is 0.718. The van der Waals surface area contributed by atoms with E-state index in [0.29, 0.717) is 25.9 Å².